The zero-order valence-electron chi connectivity index (χ0n) is 10.7. The first-order chi connectivity index (χ1) is 10.2. The van der Waals surface area contributed by atoms with Crippen LogP contribution >= 0.6 is 11.3 Å². The van der Waals surface area contributed by atoms with E-state index in [0.717, 1.165) is 0 Å². The fourth-order valence-corrected chi connectivity index (χ4v) is 2.88. The van der Waals surface area contributed by atoms with Crippen LogP contribution in [0.25, 0.3) is 5.69 Å². The summed E-state index contributed by atoms with van der Waals surface area (Å²) in [6.07, 6.45) is 1.39. The molecular weight excluding hydrogens is 298 g/mol. The maximum absolute atomic E-state index is 12.3. The number of aliphatic carboxylic acids is 1. The van der Waals surface area contributed by atoms with E-state index in [9.17, 15) is 9.59 Å². The number of nitrogens with zero attached hydrogens (tertiary/aromatic N) is 4. The highest BCUT2D eigenvalue weighted by molar-refractivity contribution is 7.12. The molecule has 2 aromatic heterocycles. The minimum Gasteiger partial charge on any atom is -0.481 e. The molecule has 1 aliphatic rings. The molecule has 0 bridgehead atoms. The van der Waals surface area contributed by atoms with E-state index in [0.29, 0.717) is 10.6 Å². The van der Waals surface area contributed by atoms with Crippen LogP contribution < -0.4 is 5.32 Å². The Morgan fingerprint density at radius 2 is 2.33 bits per heavy atom. The van der Waals surface area contributed by atoms with Crippen LogP contribution in [0, 0.1) is 5.92 Å². The van der Waals surface area contributed by atoms with Crippen molar-refractivity contribution in [2.45, 2.75) is 6.04 Å². The summed E-state index contributed by atoms with van der Waals surface area (Å²) in [4.78, 5) is 23.8. The number of tetrazole rings is 1. The first-order valence-corrected chi connectivity index (χ1v) is 6.97. The van der Waals surface area contributed by atoms with Crippen LogP contribution in [0.5, 0.6) is 0 Å². The maximum atomic E-state index is 12.3. The van der Waals surface area contributed by atoms with Gasteiger partial charge in [-0.3, -0.25) is 9.59 Å². The first-order valence-electron chi connectivity index (χ1n) is 6.09. The Kier molecular flexibility index (Phi) is 3.62. The molecule has 0 spiro atoms. The van der Waals surface area contributed by atoms with Crippen LogP contribution in [-0.4, -0.2) is 56.4 Å². The average Bonchev–Trinajstić information content (AvgIpc) is 3.19. The van der Waals surface area contributed by atoms with Crippen molar-refractivity contribution < 1.29 is 19.4 Å². The third kappa shape index (κ3) is 2.62. The number of nitrogens with one attached hydrogen (secondary N) is 1. The minimum atomic E-state index is -0.982. The number of hydrogen-bond donors (Lipinski definition) is 2. The van der Waals surface area contributed by atoms with Crippen LogP contribution in [0.4, 0.5) is 0 Å². The van der Waals surface area contributed by atoms with Gasteiger partial charge in [-0.25, -0.2) is 0 Å². The van der Waals surface area contributed by atoms with Gasteiger partial charge in [-0.2, -0.15) is 4.68 Å². The molecule has 0 aliphatic carbocycles. The summed E-state index contributed by atoms with van der Waals surface area (Å²) >= 11 is 1.23. The van der Waals surface area contributed by atoms with Crippen molar-refractivity contribution in [1.82, 2.24) is 25.5 Å². The van der Waals surface area contributed by atoms with Crippen molar-refractivity contribution in [3.63, 3.8) is 0 Å². The summed E-state index contributed by atoms with van der Waals surface area (Å²) in [5, 5.41) is 24.3. The lowest BCUT2D eigenvalue weighted by molar-refractivity contribution is -0.142. The van der Waals surface area contributed by atoms with Gasteiger partial charge in [-0.05, 0) is 21.9 Å². The van der Waals surface area contributed by atoms with Crippen LogP contribution in [0.15, 0.2) is 17.8 Å². The van der Waals surface area contributed by atoms with Gasteiger partial charge in [0.15, 0.2) is 0 Å². The minimum absolute atomic E-state index is 0.102. The van der Waals surface area contributed by atoms with E-state index in [1.807, 2.05) is 0 Å². The quantitative estimate of drug-likeness (QED) is 0.785. The Balaban J connectivity index is 1.78. The van der Waals surface area contributed by atoms with Crippen LogP contribution in [-0.2, 0) is 9.53 Å². The normalized spacial score (nSPS) is 21.3. The number of ether oxygens (including phenoxy) is 1. The molecule has 0 aromatic carbocycles. The highest BCUT2D eigenvalue weighted by Crippen LogP contribution is 2.21. The monoisotopic (exact) mass is 309 g/mol. The van der Waals surface area contributed by atoms with E-state index >= 15 is 0 Å². The van der Waals surface area contributed by atoms with Gasteiger partial charge in [-0.15, -0.1) is 16.4 Å². The molecule has 3 heterocycles. The molecule has 1 fully saturated rings. The smallest absolute Gasteiger partial charge is 0.311 e. The zero-order valence-corrected chi connectivity index (χ0v) is 11.5. The molecule has 110 valence electrons. The van der Waals surface area contributed by atoms with Crippen molar-refractivity contribution in [2.24, 2.45) is 5.92 Å². The number of thiophene rings is 1. The summed E-state index contributed by atoms with van der Waals surface area (Å²) in [6.45, 7) is 0.291. The van der Waals surface area contributed by atoms with Crippen LogP contribution in [0.1, 0.15) is 9.67 Å². The fraction of sp³-hybridized carbons (Fsp3) is 0.364. The molecule has 10 heteroatoms. The summed E-state index contributed by atoms with van der Waals surface area (Å²) in [5.41, 5.74) is 0.549. The molecular formula is C11H11N5O4S. The van der Waals surface area contributed by atoms with Gasteiger partial charge in [0.1, 0.15) is 17.1 Å². The van der Waals surface area contributed by atoms with Crippen molar-refractivity contribution in [2.75, 3.05) is 13.2 Å². The molecule has 1 aliphatic heterocycles. The van der Waals surface area contributed by atoms with Crippen molar-refractivity contribution >= 4 is 23.2 Å². The Hall–Kier alpha value is -2.33. The lowest BCUT2D eigenvalue weighted by atomic mass is 10.0. The van der Waals surface area contributed by atoms with Gasteiger partial charge < -0.3 is 15.2 Å². The van der Waals surface area contributed by atoms with Gasteiger partial charge in [0, 0.05) is 0 Å². The molecule has 2 N–H and O–H groups in total. The second-order valence-corrected chi connectivity index (χ2v) is 5.37. The van der Waals surface area contributed by atoms with Crippen LogP contribution in [0.3, 0.4) is 0 Å². The molecule has 0 radical (unpaired) electrons. The lowest BCUT2D eigenvalue weighted by Gasteiger charge is -2.15. The summed E-state index contributed by atoms with van der Waals surface area (Å²) in [6, 6.07) is 1.18. The molecule has 2 unspecified atom stereocenters. The highest BCUT2D eigenvalue weighted by Gasteiger charge is 2.35. The Morgan fingerprint density at radius 1 is 1.48 bits per heavy atom. The Bertz CT molecular complexity index is 655. The standard InChI is InChI=1S/C11H11N5O4S/c17-10(13-7-4-20-3-6(7)11(18)19)9-8(1-2-21-9)16-5-12-14-15-16/h1-2,5-7H,3-4H2,(H,13,17)(H,18,19). The number of hydrogen-bond acceptors (Lipinski definition) is 7. The van der Waals surface area contributed by atoms with Gasteiger partial charge in [0.25, 0.3) is 5.91 Å². The van der Waals surface area contributed by atoms with Gasteiger partial charge >= 0.3 is 5.97 Å². The molecule has 1 saturated heterocycles. The molecule has 0 saturated carbocycles. The summed E-state index contributed by atoms with van der Waals surface area (Å²) in [5.74, 6) is -2.08. The van der Waals surface area contributed by atoms with E-state index < -0.39 is 17.9 Å². The first kappa shape index (κ1) is 13.6. The zero-order chi connectivity index (χ0) is 14.8. The molecule has 3 rings (SSSR count). The average molecular weight is 309 g/mol. The van der Waals surface area contributed by atoms with E-state index in [4.69, 9.17) is 9.84 Å². The van der Waals surface area contributed by atoms with E-state index in [2.05, 4.69) is 20.8 Å². The number of carbonyl (C=O) groups is 2. The van der Waals surface area contributed by atoms with Gasteiger partial charge in [-0.1, -0.05) is 0 Å². The summed E-state index contributed by atoms with van der Waals surface area (Å²) < 4.78 is 6.50. The SMILES string of the molecule is O=C(NC1COCC1C(=O)O)c1sccc1-n1cnnn1. The number of amides is 1. The van der Waals surface area contributed by atoms with Gasteiger partial charge in [0.2, 0.25) is 0 Å². The molecule has 1 amide bonds. The number of rotatable bonds is 4. The van der Waals surface area contributed by atoms with E-state index in [-0.39, 0.29) is 19.1 Å². The predicted octanol–water partition coefficient (Wildman–Crippen LogP) is -0.447. The van der Waals surface area contributed by atoms with Crippen molar-refractivity contribution in [1.29, 1.82) is 0 Å². The molecule has 2 aromatic rings. The number of carbonyl (C=O) groups excluding carboxylic acids is 1. The Morgan fingerprint density at radius 3 is 3.05 bits per heavy atom. The molecule has 9 nitrogen and oxygen atoms in total. The largest absolute Gasteiger partial charge is 0.481 e. The van der Waals surface area contributed by atoms with Crippen molar-refractivity contribution in [3.05, 3.63) is 22.7 Å². The lowest BCUT2D eigenvalue weighted by Crippen LogP contribution is -2.42. The van der Waals surface area contributed by atoms with E-state index in [1.54, 1.807) is 11.4 Å². The topological polar surface area (TPSA) is 119 Å². The molecule has 21 heavy (non-hydrogen) atoms. The van der Waals surface area contributed by atoms with Crippen LogP contribution in [0.2, 0.25) is 0 Å². The highest BCUT2D eigenvalue weighted by atomic mass is 32.1. The second kappa shape index (κ2) is 5.58. The van der Waals surface area contributed by atoms with Gasteiger partial charge in [0.05, 0.1) is 24.9 Å². The fourth-order valence-electron chi connectivity index (χ4n) is 2.10. The summed E-state index contributed by atoms with van der Waals surface area (Å²) in [7, 11) is 0. The molecule has 2 atom stereocenters. The number of aromatic nitrogens is 4. The number of carboxylic acid groups (broad SMARTS) is 1. The predicted molar refractivity (Wildman–Crippen MR) is 70.2 cm³/mol. The third-order valence-electron chi connectivity index (χ3n) is 3.16. The second-order valence-electron chi connectivity index (χ2n) is 4.45. The third-order valence-corrected chi connectivity index (χ3v) is 4.06. The number of carboxylic acids is 1. The maximum Gasteiger partial charge on any atom is 0.311 e. The van der Waals surface area contributed by atoms with Crippen molar-refractivity contribution in [3.8, 4) is 5.69 Å². The Labute approximate surface area is 122 Å². The van der Waals surface area contributed by atoms with E-state index in [1.165, 1.54) is 22.3 Å².